The second-order valence-electron chi connectivity index (χ2n) is 5.84. The number of guanidine groups is 1. The van der Waals surface area contributed by atoms with Gasteiger partial charge >= 0.3 is 0 Å². The maximum absolute atomic E-state index is 13.6. The van der Waals surface area contributed by atoms with Crippen LogP contribution in [-0.2, 0) is 6.54 Å². The first-order valence-electron chi connectivity index (χ1n) is 8.30. The van der Waals surface area contributed by atoms with Gasteiger partial charge in [-0.1, -0.05) is 12.8 Å². The first-order chi connectivity index (χ1) is 11.2. The van der Waals surface area contributed by atoms with E-state index < -0.39 is 11.6 Å². The van der Waals surface area contributed by atoms with Gasteiger partial charge in [-0.25, -0.2) is 8.78 Å². The minimum Gasteiger partial charge on any atom is -0.355 e. The lowest BCUT2D eigenvalue weighted by Gasteiger charge is -2.20. The summed E-state index contributed by atoms with van der Waals surface area (Å²) in [5.41, 5.74) is 0.292. The Morgan fingerprint density at radius 2 is 1.83 bits per heavy atom. The van der Waals surface area contributed by atoms with Crippen LogP contribution in [0.2, 0.25) is 0 Å². The van der Waals surface area contributed by atoms with Crippen molar-refractivity contribution in [3.8, 4) is 0 Å². The number of rotatable bonds is 5. The number of nitrogens with one attached hydrogen (secondary N) is 2. The number of hydrogen-bond donors (Lipinski definition) is 2. The van der Waals surface area contributed by atoms with Gasteiger partial charge in [0.15, 0.2) is 5.96 Å². The van der Waals surface area contributed by atoms with Crippen LogP contribution in [-0.4, -0.2) is 44.1 Å². The van der Waals surface area contributed by atoms with Gasteiger partial charge in [0.25, 0.3) is 0 Å². The Kier molecular flexibility index (Phi) is 10.2. The van der Waals surface area contributed by atoms with Crippen LogP contribution >= 0.6 is 24.0 Å². The molecular weight excluding hydrogens is 425 g/mol. The van der Waals surface area contributed by atoms with Crippen molar-refractivity contribution < 1.29 is 8.78 Å². The van der Waals surface area contributed by atoms with Crippen molar-refractivity contribution in [2.75, 3.05) is 33.2 Å². The summed E-state index contributed by atoms with van der Waals surface area (Å²) in [4.78, 5) is 6.57. The number of benzene rings is 1. The zero-order valence-electron chi connectivity index (χ0n) is 14.2. The minimum absolute atomic E-state index is 0. The molecule has 0 radical (unpaired) electrons. The third-order valence-electron chi connectivity index (χ3n) is 4.10. The zero-order chi connectivity index (χ0) is 16.5. The van der Waals surface area contributed by atoms with E-state index in [-0.39, 0.29) is 30.5 Å². The van der Waals surface area contributed by atoms with Crippen LogP contribution in [0, 0.1) is 11.6 Å². The molecule has 2 N–H and O–H groups in total. The average molecular weight is 452 g/mol. The summed E-state index contributed by atoms with van der Waals surface area (Å²) in [6, 6.07) is 3.46. The molecule has 0 amide bonds. The molecule has 1 saturated heterocycles. The van der Waals surface area contributed by atoms with Crippen molar-refractivity contribution >= 4 is 29.9 Å². The summed E-state index contributed by atoms with van der Waals surface area (Å²) >= 11 is 0. The Morgan fingerprint density at radius 1 is 1.12 bits per heavy atom. The second kappa shape index (κ2) is 11.6. The Labute approximate surface area is 160 Å². The molecular formula is C17H27F2IN4. The highest BCUT2D eigenvalue weighted by Gasteiger charge is 2.09. The van der Waals surface area contributed by atoms with E-state index in [0.29, 0.717) is 11.5 Å². The molecule has 1 fully saturated rings. The number of halogens is 3. The van der Waals surface area contributed by atoms with E-state index in [2.05, 4.69) is 20.5 Å². The van der Waals surface area contributed by atoms with Crippen molar-refractivity contribution in [2.45, 2.75) is 32.2 Å². The highest BCUT2D eigenvalue weighted by Crippen LogP contribution is 2.09. The summed E-state index contributed by atoms with van der Waals surface area (Å²) in [6.07, 6.45) is 5.19. The molecule has 0 aromatic heterocycles. The van der Waals surface area contributed by atoms with Crippen molar-refractivity contribution in [2.24, 2.45) is 4.99 Å². The smallest absolute Gasteiger partial charge is 0.191 e. The van der Waals surface area contributed by atoms with Crippen LogP contribution in [0.4, 0.5) is 8.78 Å². The van der Waals surface area contributed by atoms with Crippen LogP contribution in [0.1, 0.15) is 31.2 Å². The van der Waals surface area contributed by atoms with Crippen LogP contribution in [0.15, 0.2) is 23.2 Å². The van der Waals surface area contributed by atoms with E-state index in [4.69, 9.17) is 0 Å². The van der Waals surface area contributed by atoms with Gasteiger partial charge < -0.3 is 15.5 Å². The van der Waals surface area contributed by atoms with Gasteiger partial charge in [-0.3, -0.25) is 4.99 Å². The van der Waals surface area contributed by atoms with E-state index in [1.165, 1.54) is 31.7 Å². The Morgan fingerprint density at radius 3 is 2.50 bits per heavy atom. The quantitative estimate of drug-likeness (QED) is 0.410. The topological polar surface area (TPSA) is 39.7 Å². The number of nitrogens with zero attached hydrogens (tertiary/aromatic N) is 2. The molecule has 0 saturated carbocycles. The molecule has 0 spiro atoms. The standard InChI is InChI=1S/C17H26F2N4.HI/c1-20-17(21-8-11-23-9-4-2-3-5-10-23)22-13-14-12-15(18)6-7-16(14)19;/h6-7,12H,2-5,8-11,13H2,1H3,(H2,20,21,22);1H. The fourth-order valence-corrected chi connectivity index (χ4v) is 2.77. The van der Waals surface area contributed by atoms with Gasteiger partial charge in [0.05, 0.1) is 0 Å². The molecule has 4 nitrogen and oxygen atoms in total. The number of aliphatic imine (C=N–C) groups is 1. The summed E-state index contributed by atoms with van der Waals surface area (Å²) in [6.45, 7) is 4.26. The summed E-state index contributed by atoms with van der Waals surface area (Å²) < 4.78 is 26.7. The monoisotopic (exact) mass is 452 g/mol. The molecule has 1 aliphatic rings. The van der Waals surface area contributed by atoms with Crippen LogP contribution in [0.3, 0.4) is 0 Å². The molecule has 7 heteroatoms. The summed E-state index contributed by atoms with van der Waals surface area (Å²) in [7, 11) is 1.67. The number of likely N-dealkylation sites (tertiary alicyclic amines) is 1. The van der Waals surface area contributed by atoms with Gasteiger partial charge in [-0.15, -0.1) is 24.0 Å². The number of hydrogen-bond acceptors (Lipinski definition) is 2. The van der Waals surface area contributed by atoms with Crippen LogP contribution < -0.4 is 10.6 Å². The molecule has 0 aliphatic carbocycles. The van der Waals surface area contributed by atoms with Gasteiger partial charge in [-0.2, -0.15) is 0 Å². The Balaban J connectivity index is 0.00000288. The molecule has 0 atom stereocenters. The average Bonchev–Trinajstić information content (AvgIpc) is 2.82. The van der Waals surface area contributed by atoms with Gasteiger partial charge in [0, 0.05) is 32.2 Å². The lowest BCUT2D eigenvalue weighted by atomic mass is 10.2. The molecule has 1 heterocycles. The van der Waals surface area contributed by atoms with Gasteiger partial charge in [0.2, 0.25) is 0 Å². The first-order valence-corrected chi connectivity index (χ1v) is 8.30. The van der Waals surface area contributed by atoms with E-state index >= 15 is 0 Å². The third-order valence-corrected chi connectivity index (χ3v) is 4.10. The molecule has 0 unspecified atom stereocenters. The largest absolute Gasteiger partial charge is 0.355 e. The van der Waals surface area contributed by atoms with Crippen molar-refractivity contribution in [1.29, 1.82) is 0 Å². The maximum atomic E-state index is 13.6. The lowest BCUT2D eigenvalue weighted by molar-refractivity contribution is 0.289. The molecule has 1 aromatic carbocycles. The van der Waals surface area contributed by atoms with E-state index in [9.17, 15) is 8.78 Å². The fourth-order valence-electron chi connectivity index (χ4n) is 2.77. The highest BCUT2D eigenvalue weighted by molar-refractivity contribution is 14.0. The molecule has 136 valence electrons. The highest BCUT2D eigenvalue weighted by atomic mass is 127. The normalized spacial score (nSPS) is 16.2. The predicted molar refractivity (Wildman–Crippen MR) is 105 cm³/mol. The Bertz CT molecular complexity index is 517. The van der Waals surface area contributed by atoms with E-state index in [1.54, 1.807) is 7.05 Å². The summed E-state index contributed by atoms with van der Waals surface area (Å²) in [5.74, 6) is -0.255. The molecule has 2 rings (SSSR count). The van der Waals surface area contributed by atoms with Gasteiger partial charge in [-0.05, 0) is 44.1 Å². The lowest BCUT2D eigenvalue weighted by Crippen LogP contribution is -2.41. The maximum Gasteiger partial charge on any atom is 0.191 e. The third kappa shape index (κ3) is 7.29. The zero-order valence-corrected chi connectivity index (χ0v) is 16.5. The van der Waals surface area contributed by atoms with Crippen molar-refractivity contribution in [3.05, 3.63) is 35.4 Å². The second-order valence-corrected chi connectivity index (χ2v) is 5.84. The SMILES string of the molecule is CN=C(NCCN1CCCCCC1)NCc1cc(F)ccc1F.I. The van der Waals surface area contributed by atoms with E-state index in [0.717, 1.165) is 38.3 Å². The molecule has 1 aromatic rings. The molecule has 1 aliphatic heterocycles. The fraction of sp³-hybridized carbons (Fsp3) is 0.588. The Hall–Kier alpha value is -0.960. The van der Waals surface area contributed by atoms with Crippen molar-refractivity contribution in [1.82, 2.24) is 15.5 Å². The van der Waals surface area contributed by atoms with E-state index in [1.807, 2.05) is 0 Å². The van der Waals surface area contributed by atoms with Gasteiger partial charge in [0.1, 0.15) is 11.6 Å². The minimum atomic E-state index is -0.438. The van der Waals surface area contributed by atoms with Crippen molar-refractivity contribution in [3.63, 3.8) is 0 Å². The first kappa shape index (κ1) is 21.1. The molecule has 24 heavy (non-hydrogen) atoms. The predicted octanol–water partition coefficient (Wildman–Crippen LogP) is 3.12. The molecule has 0 bridgehead atoms. The van der Waals surface area contributed by atoms with Crippen LogP contribution in [0.5, 0.6) is 0 Å². The van der Waals surface area contributed by atoms with Crippen LogP contribution in [0.25, 0.3) is 0 Å². The summed E-state index contributed by atoms with van der Waals surface area (Å²) in [5, 5.41) is 6.24.